The van der Waals surface area contributed by atoms with Gasteiger partial charge in [0.25, 0.3) is 0 Å². The molecule has 1 N–H and O–H groups in total. The van der Waals surface area contributed by atoms with Crippen LogP contribution in [0.1, 0.15) is 27.4 Å². The summed E-state index contributed by atoms with van der Waals surface area (Å²) in [5.74, 6) is 0.427. The van der Waals surface area contributed by atoms with E-state index in [2.05, 4.69) is 9.97 Å². The van der Waals surface area contributed by atoms with Gasteiger partial charge in [0, 0.05) is 10.6 Å². The van der Waals surface area contributed by atoms with Gasteiger partial charge in [0.2, 0.25) is 0 Å². The average Bonchev–Trinajstić information content (AvgIpc) is 3.26. The Hall–Kier alpha value is -3.12. The second-order valence-corrected chi connectivity index (χ2v) is 6.74. The fraction of sp³-hybridized carbons (Fsp3) is 0.150. The lowest BCUT2D eigenvalue weighted by atomic mass is 10.1. The summed E-state index contributed by atoms with van der Waals surface area (Å²) < 4.78 is 7.28. The maximum atomic E-state index is 11.4. The van der Waals surface area contributed by atoms with Crippen LogP contribution in [-0.4, -0.2) is 25.6 Å². The van der Waals surface area contributed by atoms with Crippen molar-refractivity contribution in [3.05, 3.63) is 70.3 Å². The summed E-state index contributed by atoms with van der Waals surface area (Å²) in [6, 6.07) is 11.0. The van der Waals surface area contributed by atoms with Gasteiger partial charge < -0.3 is 14.1 Å². The molecule has 3 heterocycles. The summed E-state index contributed by atoms with van der Waals surface area (Å²) in [7, 11) is 0. The number of aromatic carboxylic acids is 1. The van der Waals surface area contributed by atoms with Crippen LogP contribution in [0.25, 0.3) is 22.5 Å². The highest BCUT2D eigenvalue weighted by atomic mass is 35.5. The van der Waals surface area contributed by atoms with E-state index in [0.717, 1.165) is 28.3 Å². The zero-order valence-corrected chi connectivity index (χ0v) is 15.5. The first kappa shape index (κ1) is 17.3. The number of pyridine rings is 1. The highest BCUT2D eigenvalue weighted by Crippen LogP contribution is 2.28. The third-order valence-corrected chi connectivity index (χ3v) is 4.84. The van der Waals surface area contributed by atoms with Gasteiger partial charge in [-0.15, -0.1) is 0 Å². The molecule has 0 radical (unpaired) electrons. The van der Waals surface area contributed by atoms with Gasteiger partial charge in [-0.1, -0.05) is 23.7 Å². The molecular formula is C20H16ClN3O3. The number of benzene rings is 1. The van der Waals surface area contributed by atoms with Crippen molar-refractivity contribution >= 4 is 28.7 Å². The normalized spacial score (nSPS) is 11.2. The van der Waals surface area contributed by atoms with Crippen molar-refractivity contribution in [2.75, 3.05) is 0 Å². The Morgan fingerprint density at radius 1 is 1.22 bits per heavy atom. The molecule has 7 heteroatoms. The first-order valence-electron chi connectivity index (χ1n) is 8.34. The number of carboxylic acid groups (broad SMARTS) is 1. The molecule has 0 amide bonds. The molecule has 1 aromatic carbocycles. The first-order chi connectivity index (χ1) is 12.9. The molecular weight excluding hydrogens is 366 g/mol. The van der Waals surface area contributed by atoms with E-state index < -0.39 is 5.97 Å². The van der Waals surface area contributed by atoms with Gasteiger partial charge in [-0.3, -0.25) is 0 Å². The third kappa shape index (κ3) is 3.08. The molecule has 136 valence electrons. The lowest BCUT2D eigenvalue weighted by Crippen LogP contribution is -2.07. The Bertz CT molecular complexity index is 1160. The molecule has 0 saturated carbocycles. The topological polar surface area (TPSA) is 81.1 Å². The fourth-order valence-electron chi connectivity index (χ4n) is 3.09. The van der Waals surface area contributed by atoms with Crippen LogP contribution in [0.15, 0.2) is 47.1 Å². The molecule has 27 heavy (non-hydrogen) atoms. The summed E-state index contributed by atoms with van der Waals surface area (Å²) in [4.78, 5) is 20.2. The van der Waals surface area contributed by atoms with Gasteiger partial charge in [-0.25, -0.2) is 14.8 Å². The number of halogens is 1. The maximum absolute atomic E-state index is 11.4. The summed E-state index contributed by atoms with van der Waals surface area (Å²) in [5, 5.41) is 9.89. The molecule has 0 aliphatic carbocycles. The van der Waals surface area contributed by atoms with E-state index in [1.807, 2.05) is 48.7 Å². The molecule has 6 nitrogen and oxygen atoms in total. The number of carboxylic acids is 1. The second kappa shape index (κ2) is 6.55. The van der Waals surface area contributed by atoms with Crippen molar-refractivity contribution in [3.8, 4) is 11.3 Å². The van der Waals surface area contributed by atoms with Crippen LogP contribution in [0.5, 0.6) is 0 Å². The van der Waals surface area contributed by atoms with E-state index in [1.54, 1.807) is 6.26 Å². The predicted octanol–water partition coefficient (Wildman–Crippen LogP) is 4.71. The zero-order valence-electron chi connectivity index (χ0n) is 14.7. The highest BCUT2D eigenvalue weighted by Gasteiger charge is 2.16. The minimum absolute atomic E-state index is 0.000384. The standard InChI is InChI=1S/C20H16ClN3O3/c1-11-8-16(20(25)26)23-19-18(11)22-12(2)24(19)10-14-6-5-13(9-15(14)21)17-4-3-7-27-17/h3-9H,10H2,1-2H3,(H,25,26). The van der Waals surface area contributed by atoms with E-state index in [9.17, 15) is 9.90 Å². The van der Waals surface area contributed by atoms with Gasteiger partial charge in [-0.2, -0.15) is 0 Å². The predicted molar refractivity (Wildman–Crippen MR) is 102 cm³/mol. The molecule has 0 fully saturated rings. The Morgan fingerprint density at radius 2 is 2.04 bits per heavy atom. The molecule has 0 spiro atoms. The molecule has 0 unspecified atom stereocenters. The van der Waals surface area contributed by atoms with Crippen LogP contribution in [0.2, 0.25) is 5.02 Å². The average molecular weight is 382 g/mol. The monoisotopic (exact) mass is 381 g/mol. The van der Waals surface area contributed by atoms with Gasteiger partial charge in [0.15, 0.2) is 11.3 Å². The minimum atomic E-state index is -1.06. The molecule has 4 aromatic rings. The second-order valence-electron chi connectivity index (χ2n) is 6.33. The van der Waals surface area contributed by atoms with Crippen molar-refractivity contribution in [1.29, 1.82) is 0 Å². The summed E-state index contributed by atoms with van der Waals surface area (Å²) >= 11 is 6.49. The minimum Gasteiger partial charge on any atom is -0.477 e. The van der Waals surface area contributed by atoms with Crippen LogP contribution < -0.4 is 0 Å². The molecule has 0 bridgehead atoms. The molecule has 4 rings (SSSR count). The number of furan rings is 1. The first-order valence-corrected chi connectivity index (χ1v) is 8.72. The van der Waals surface area contributed by atoms with E-state index in [0.29, 0.717) is 22.7 Å². The van der Waals surface area contributed by atoms with E-state index in [4.69, 9.17) is 16.0 Å². The summed E-state index contributed by atoms with van der Waals surface area (Å²) in [5.41, 5.74) is 3.79. The highest BCUT2D eigenvalue weighted by molar-refractivity contribution is 6.31. The Morgan fingerprint density at radius 3 is 2.70 bits per heavy atom. The maximum Gasteiger partial charge on any atom is 0.354 e. The van der Waals surface area contributed by atoms with Crippen molar-refractivity contribution in [2.45, 2.75) is 20.4 Å². The Kier molecular flexibility index (Phi) is 4.20. The smallest absolute Gasteiger partial charge is 0.354 e. The fourth-order valence-corrected chi connectivity index (χ4v) is 3.33. The molecule has 0 atom stereocenters. The van der Waals surface area contributed by atoms with Crippen LogP contribution in [-0.2, 0) is 6.54 Å². The Labute approximate surface area is 160 Å². The quantitative estimate of drug-likeness (QED) is 0.553. The number of nitrogens with zero attached hydrogens (tertiary/aromatic N) is 3. The van der Waals surface area contributed by atoms with E-state index in [-0.39, 0.29) is 5.69 Å². The van der Waals surface area contributed by atoms with Crippen molar-refractivity contribution < 1.29 is 14.3 Å². The number of imidazole rings is 1. The number of aromatic nitrogens is 3. The van der Waals surface area contributed by atoms with Crippen molar-refractivity contribution in [3.63, 3.8) is 0 Å². The van der Waals surface area contributed by atoms with Crippen LogP contribution in [0.4, 0.5) is 0 Å². The third-order valence-electron chi connectivity index (χ3n) is 4.49. The molecule has 0 aliphatic heterocycles. The largest absolute Gasteiger partial charge is 0.477 e. The van der Waals surface area contributed by atoms with Gasteiger partial charge >= 0.3 is 5.97 Å². The Balaban J connectivity index is 1.77. The van der Waals surface area contributed by atoms with E-state index >= 15 is 0 Å². The van der Waals surface area contributed by atoms with Gasteiger partial charge in [-0.05, 0) is 49.2 Å². The summed E-state index contributed by atoms with van der Waals surface area (Å²) in [6.07, 6.45) is 1.62. The lowest BCUT2D eigenvalue weighted by Gasteiger charge is -2.10. The van der Waals surface area contributed by atoms with Crippen LogP contribution in [0, 0.1) is 13.8 Å². The number of aryl methyl sites for hydroxylation is 2. The van der Waals surface area contributed by atoms with Crippen LogP contribution >= 0.6 is 11.6 Å². The van der Waals surface area contributed by atoms with Gasteiger partial charge in [0.05, 0.1) is 12.8 Å². The number of hydrogen-bond acceptors (Lipinski definition) is 4. The SMILES string of the molecule is Cc1cc(C(=O)O)nc2c1nc(C)n2Cc1ccc(-c2ccco2)cc1Cl. The van der Waals surface area contributed by atoms with Crippen LogP contribution in [0.3, 0.4) is 0 Å². The zero-order chi connectivity index (χ0) is 19.1. The molecule has 0 saturated heterocycles. The molecule has 0 aliphatic rings. The number of fused-ring (bicyclic) bond motifs is 1. The van der Waals surface area contributed by atoms with Crippen molar-refractivity contribution in [1.82, 2.24) is 14.5 Å². The van der Waals surface area contributed by atoms with Crippen molar-refractivity contribution in [2.24, 2.45) is 0 Å². The van der Waals surface area contributed by atoms with E-state index in [1.165, 1.54) is 6.07 Å². The lowest BCUT2D eigenvalue weighted by molar-refractivity contribution is 0.0690. The van der Waals surface area contributed by atoms with Gasteiger partial charge in [0.1, 0.15) is 17.1 Å². The number of hydrogen-bond donors (Lipinski definition) is 1. The summed E-state index contributed by atoms with van der Waals surface area (Å²) in [6.45, 7) is 4.14. The molecule has 3 aromatic heterocycles. The number of rotatable bonds is 4. The number of carbonyl (C=O) groups is 1.